The predicted octanol–water partition coefficient (Wildman–Crippen LogP) is 1.55. The number of carboxylic acid groups (broad SMARTS) is 2. The maximum Gasteiger partial charge on any atom is 0.316 e. The number of rotatable bonds is 4. The van der Waals surface area contributed by atoms with Gasteiger partial charge < -0.3 is 15.3 Å². The maximum atomic E-state index is 12.2. The van der Waals surface area contributed by atoms with E-state index < -0.39 is 28.1 Å². The van der Waals surface area contributed by atoms with E-state index in [0.717, 1.165) is 4.91 Å². The third-order valence-corrected chi connectivity index (χ3v) is 6.68. The lowest BCUT2D eigenvalue weighted by Crippen LogP contribution is -2.38. The van der Waals surface area contributed by atoms with E-state index in [9.17, 15) is 24.9 Å². The van der Waals surface area contributed by atoms with Crippen molar-refractivity contribution in [3.05, 3.63) is 22.1 Å². The van der Waals surface area contributed by atoms with Crippen LogP contribution >= 0.6 is 11.8 Å². The predicted molar refractivity (Wildman–Crippen MR) is 85.1 cm³/mol. The van der Waals surface area contributed by atoms with Gasteiger partial charge in [-0.05, 0) is 44.1 Å². The number of aliphatic hydroxyl groups excluding tert-OH is 1. The Labute approximate surface area is 142 Å². The van der Waals surface area contributed by atoms with Gasteiger partial charge >= 0.3 is 11.9 Å². The van der Waals surface area contributed by atoms with E-state index >= 15 is 0 Å². The van der Waals surface area contributed by atoms with Crippen LogP contribution < -0.4 is 0 Å². The average molecular weight is 353 g/mol. The zero-order valence-electron chi connectivity index (χ0n) is 13.6. The van der Waals surface area contributed by atoms with Crippen molar-refractivity contribution in [1.29, 1.82) is 0 Å². The standard InChI is InChI=1S/C15H19N3O5S/c1-7-16-17-10(6-19)18(7)11-15(3,13(22)23)8-4-14(2,12(20)21)5-9(8)24-11/h11,19H,4-6H2,1-3H3,(H,20,21)(H,22,23). The lowest BCUT2D eigenvalue weighted by molar-refractivity contribution is -0.149. The second-order valence-electron chi connectivity index (χ2n) is 6.79. The monoisotopic (exact) mass is 353 g/mol. The normalized spacial score (nSPS) is 32.2. The molecule has 0 fully saturated rings. The highest BCUT2D eigenvalue weighted by molar-refractivity contribution is 8.03. The molecule has 24 heavy (non-hydrogen) atoms. The van der Waals surface area contributed by atoms with Gasteiger partial charge in [-0.2, -0.15) is 0 Å². The minimum atomic E-state index is -1.27. The first kappa shape index (κ1) is 17.0. The summed E-state index contributed by atoms with van der Waals surface area (Å²) >= 11 is 1.34. The Morgan fingerprint density at radius 3 is 2.46 bits per heavy atom. The van der Waals surface area contributed by atoms with E-state index in [4.69, 9.17) is 0 Å². The van der Waals surface area contributed by atoms with Crippen molar-refractivity contribution in [3.63, 3.8) is 0 Å². The lowest BCUT2D eigenvalue weighted by atomic mass is 9.77. The van der Waals surface area contributed by atoms with Crippen molar-refractivity contribution in [2.45, 2.75) is 45.6 Å². The van der Waals surface area contributed by atoms with E-state index in [0.29, 0.717) is 23.6 Å². The molecule has 1 aliphatic carbocycles. The highest BCUT2D eigenvalue weighted by Gasteiger charge is 2.59. The fraction of sp³-hybridized carbons (Fsp3) is 0.600. The van der Waals surface area contributed by atoms with Crippen LogP contribution in [0.25, 0.3) is 0 Å². The number of hydrogen-bond acceptors (Lipinski definition) is 6. The SMILES string of the molecule is Cc1nnc(CO)n1C1SC2=C(CC(C)(C(=O)O)C2)C1(C)C(=O)O. The van der Waals surface area contributed by atoms with Crippen molar-refractivity contribution in [3.8, 4) is 0 Å². The number of nitrogens with zero attached hydrogens (tertiary/aromatic N) is 3. The molecule has 2 aliphatic rings. The van der Waals surface area contributed by atoms with Crippen molar-refractivity contribution < 1.29 is 24.9 Å². The summed E-state index contributed by atoms with van der Waals surface area (Å²) in [5.41, 5.74) is -1.59. The second kappa shape index (κ2) is 5.32. The quantitative estimate of drug-likeness (QED) is 0.744. The van der Waals surface area contributed by atoms with Crippen LogP contribution in [0, 0.1) is 17.8 Å². The van der Waals surface area contributed by atoms with E-state index in [-0.39, 0.29) is 13.0 Å². The van der Waals surface area contributed by atoms with Gasteiger partial charge in [0.2, 0.25) is 0 Å². The van der Waals surface area contributed by atoms with Gasteiger partial charge in [0.1, 0.15) is 23.2 Å². The molecule has 9 heteroatoms. The Balaban J connectivity index is 2.07. The minimum absolute atomic E-state index is 0.208. The molecule has 0 saturated carbocycles. The van der Waals surface area contributed by atoms with Crippen LogP contribution in [-0.4, -0.2) is 42.0 Å². The molecule has 0 aromatic carbocycles. The van der Waals surface area contributed by atoms with Crippen LogP contribution in [0.2, 0.25) is 0 Å². The fourth-order valence-corrected chi connectivity index (χ4v) is 5.48. The van der Waals surface area contributed by atoms with Gasteiger partial charge in [-0.1, -0.05) is 0 Å². The molecule has 0 radical (unpaired) electrons. The molecular weight excluding hydrogens is 334 g/mol. The Hall–Kier alpha value is -1.87. The molecule has 0 bridgehead atoms. The Kier molecular flexibility index (Phi) is 3.76. The average Bonchev–Trinajstić information content (AvgIpc) is 3.11. The molecule has 3 rings (SSSR count). The van der Waals surface area contributed by atoms with E-state index in [1.807, 2.05) is 0 Å². The molecule has 130 valence electrons. The minimum Gasteiger partial charge on any atom is -0.481 e. The molecular formula is C15H19N3O5S. The Bertz CT molecular complexity index is 773. The smallest absolute Gasteiger partial charge is 0.316 e. The summed E-state index contributed by atoms with van der Waals surface area (Å²) in [6.07, 6.45) is 0.525. The summed E-state index contributed by atoms with van der Waals surface area (Å²) in [4.78, 5) is 24.5. The molecule has 1 aromatic heterocycles. The van der Waals surface area contributed by atoms with E-state index in [1.165, 1.54) is 11.8 Å². The van der Waals surface area contributed by atoms with Crippen molar-refractivity contribution in [2.24, 2.45) is 10.8 Å². The van der Waals surface area contributed by atoms with Gasteiger partial charge in [-0.3, -0.25) is 14.2 Å². The zero-order valence-corrected chi connectivity index (χ0v) is 14.4. The number of hydrogen-bond donors (Lipinski definition) is 3. The summed E-state index contributed by atoms with van der Waals surface area (Å²) < 4.78 is 1.65. The molecule has 1 aromatic rings. The van der Waals surface area contributed by atoms with Crippen molar-refractivity contribution in [1.82, 2.24) is 14.8 Å². The van der Waals surface area contributed by atoms with Crippen LogP contribution in [0.4, 0.5) is 0 Å². The molecule has 3 unspecified atom stereocenters. The molecule has 2 heterocycles. The summed E-state index contributed by atoms with van der Waals surface area (Å²) in [7, 11) is 0. The fourth-order valence-electron chi connectivity index (χ4n) is 3.52. The number of carboxylic acids is 2. The lowest BCUT2D eigenvalue weighted by Gasteiger charge is -2.33. The van der Waals surface area contributed by atoms with Gasteiger partial charge in [0, 0.05) is 0 Å². The number of allylic oxidation sites excluding steroid dienone is 1. The summed E-state index contributed by atoms with van der Waals surface area (Å²) in [6.45, 7) is 4.63. The molecule has 3 N–H and O–H groups in total. The molecule has 0 spiro atoms. The molecule has 8 nitrogen and oxygen atoms in total. The topological polar surface area (TPSA) is 126 Å². The second-order valence-corrected chi connectivity index (χ2v) is 7.97. The van der Waals surface area contributed by atoms with Gasteiger partial charge in [0.15, 0.2) is 5.82 Å². The van der Waals surface area contributed by atoms with Crippen molar-refractivity contribution >= 4 is 23.7 Å². The zero-order chi connectivity index (χ0) is 17.9. The van der Waals surface area contributed by atoms with Crippen LogP contribution in [0.5, 0.6) is 0 Å². The highest BCUT2D eigenvalue weighted by atomic mass is 32.2. The number of carbonyl (C=O) groups is 2. The van der Waals surface area contributed by atoms with Gasteiger partial charge in [-0.15, -0.1) is 22.0 Å². The molecule has 1 aliphatic heterocycles. The summed E-state index contributed by atoms with van der Waals surface area (Å²) in [5, 5.41) is 36.2. The maximum absolute atomic E-state index is 12.2. The van der Waals surface area contributed by atoms with Crippen LogP contribution in [0.3, 0.4) is 0 Å². The van der Waals surface area contributed by atoms with Crippen molar-refractivity contribution in [2.75, 3.05) is 0 Å². The van der Waals surface area contributed by atoms with Crippen LogP contribution in [-0.2, 0) is 16.2 Å². The first-order valence-corrected chi connectivity index (χ1v) is 8.40. The number of thioether (sulfide) groups is 1. The number of aliphatic hydroxyl groups is 1. The largest absolute Gasteiger partial charge is 0.481 e. The van der Waals surface area contributed by atoms with Gasteiger partial charge in [0.25, 0.3) is 0 Å². The van der Waals surface area contributed by atoms with Gasteiger partial charge in [0.05, 0.1) is 5.41 Å². The number of aliphatic carboxylic acids is 2. The van der Waals surface area contributed by atoms with Crippen LogP contribution in [0.15, 0.2) is 10.5 Å². The van der Waals surface area contributed by atoms with Gasteiger partial charge in [-0.25, -0.2) is 0 Å². The molecule has 0 saturated heterocycles. The van der Waals surface area contributed by atoms with E-state index in [2.05, 4.69) is 10.2 Å². The number of aromatic nitrogens is 3. The summed E-state index contributed by atoms with van der Waals surface area (Å²) in [6, 6.07) is 0. The summed E-state index contributed by atoms with van der Waals surface area (Å²) in [5.74, 6) is -1.11. The molecule has 3 atom stereocenters. The first-order chi connectivity index (χ1) is 11.1. The highest BCUT2D eigenvalue weighted by Crippen LogP contribution is 2.65. The van der Waals surface area contributed by atoms with E-state index in [1.54, 1.807) is 25.3 Å². The third-order valence-electron chi connectivity index (χ3n) is 5.10. The third kappa shape index (κ3) is 2.11. The molecule has 0 amide bonds. The Morgan fingerprint density at radius 2 is 1.92 bits per heavy atom. The number of aryl methyl sites for hydroxylation is 1. The van der Waals surface area contributed by atoms with Crippen LogP contribution in [0.1, 0.15) is 43.7 Å². The Morgan fingerprint density at radius 1 is 1.25 bits per heavy atom. The first-order valence-electron chi connectivity index (χ1n) is 7.52.